The standard InChI is InChI=1S/C23H25N3O3/c1-16-20(17(2)29-25-16)15-28-19-11-9-18(10-12-19)23(27)24-21-7-3-4-8-22(21)26-13-5-6-14-26/h3-4,7-12H,5-6,13-15H2,1-2H3,(H,24,27). The van der Waals surface area contributed by atoms with E-state index in [-0.39, 0.29) is 5.91 Å². The van der Waals surface area contributed by atoms with Gasteiger partial charge in [0.15, 0.2) is 0 Å². The van der Waals surface area contributed by atoms with Crippen LogP contribution in [-0.4, -0.2) is 24.2 Å². The quantitative estimate of drug-likeness (QED) is 0.658. The molecule has 0 bridgehead atoms. The summed E-state index contributed by atoms with van der Waals surface area (Å²) >= 11 is 0. The summed E-state index contributed by atoms with van der Waals surface area (Å²) in [5, 5.41) is 6.98. The minimum atomic E-state index is -0.131. The molecule has 3 aromatic rings. The van der Waals surface area contributed by atoms with Crippen molar-refractivity contribution in [3.05, 3.63) is 71.1 Å². The highest BCUT2D eigenvalue weighted by molar-refractivity contribution is 6.06. The number of carbonyl (C=O) groups is 1. The Morgan fingerprint density at radius 2 is 1.83 bits per heavy atom. The number of benzene rings is 2. The minimum Gasteiger partial charge on any atom is -0.489 e. The maximum atomic E-state index is 12.7. The van der Waals surface area contributed by atoms with E-state index in [0.29, 0.717) is 17.9 Å². The molecule has 0 atom stereocenters. The van der Waals surface area contributed by atoms with E-state index in [1.165, 1.54) is 12.8 Å². The summed E-state index contributed by atoms with van der Waals surface area (Å²) in [7, 11) is 0. The molecule has 4 rings (SSSR count). The predicted octanol–water partition coefficient (Wildman–Crippen LogP) is 4.72. The maximum Gasteiger partial charge on any atom is 0.255 e. The van der Waals surface area contributed by atoms with Crippen LogP contribution in [0.25, 0.3) is 0 Å². The second-order valence-corrected chi connectivity index (χ2v) is 7.28. The number of amides is 1. The average molecular weight is 391 g/mol. The molecule has 0 aliphatic carbocycles. The first kappa shape index (κ1) is 19.1. The molecule has 1 aliphatic rings. The van der Waals surface area contributed by atoms with E-state index in [0.717, 1.165) is 41.5 Å². The topological polar surface area (TPSA) is 67.6 Å². The molecular weight excluding hydrogens is 366 g/mol. The summed E-state index contributed by atoms with van der Waals surface area (Å²) in [5.74, 6) is 1.32. The molecule has 0 unspecified atom stereocenters. The molecule has 2 aromatic carbocycles. The lowest BCUT2D eigenvalue weighted by atomic mass is 10.2. The number of rotatable bonds is 6. The normalized spacial score (nSPS) is 13.5. The zero-order valence-corrected chi connectivity index (χ0v) is 16.8. The molecule has 1 saturated heterocycles. The van der Waals surface area contributed by atoms with Crippen LogP contribution in [-0.2, 0) is 6.61 Å². The molecular formula is C23H25N3O3. The van der Waals surface area contributed by atoms with Gasteiger partial charge >= 0.3 is 0 Å². The first-order valence-corrected chi connectivity index (χ1v) is 9.92. The molecule has 2 heterocycles. The molecule has 1 fully saturated rings. The van der Waals surface area contributed by atoms with Crippen LogP contribution in [0.2, 0.25) is 0 Å². The molecule has 0 spiro atoms. The Morgan fingerprint density at radius 1 is 1.10 bits per heavy atom. The number of hydrogen-bond acceptors (Lipinski definition) is 5. The van der Waals surface area contributed by atoms with Crippen LogP contribution in [0.15, 0.2) is 53.1 Å². The highest BCUT2D eigenvalue weighted by atomic mass is 16.5. The second-order valence-electron chi connectivity index (χ2n) is 7.28. The lowest BCUT2D eigenvalue weighted by Crippen LogP contribution is -2.21. The Morgan fingerprint density at radius 3 is 2.52 bits per heavy atom. The largest absolute Gasteiger partial charge is 0.489 e. The molecule has 6 nitrogen and oxygen atoms in total. The van der Waals surface area contributed by atoms with Crippen molar-refractivity contribution in [1.29, 1.82) is 0 Å². The Kier molecular flexibility index (Phi) is 5.51. The highest BCUT2D eigenvalue weighted by Gasteiger charge is 2.17. The van der Waals surface area contributed by atoms with Crippen LogP contribution in [0.4, 0.5) is 11.4 Å². The van der Waals surface area contributed by atoms with E-state index in [9.17, 15) is 4.79 Å². The van der Waals surface area contributed by atoms with Gasteiger partial charge in [-0.2, -0.15) is 0 Å². The van der Waals surface area contributed by atoms with Crippen molar-refractivity contribution in [2.75, 3.05) is 23.3 Å². The Labute approximate surface area is 170 Å². The van der Waals surface area contributed by atoms with E-state index < -0.39 is 0 Å². The number of anilines is 2. The van der Waals surface area contributed by atoms with Crippen LogP contribution >= 0.6 is 0 Å². The van der Waals surface area contributed by atoms with Crippen molar-refractivity contribution in [3.8, 4) is 5.75 Å². The van der Waals surface area contributed by atoms with Gasteiger partial charge in [-0.1, -0.05) is 17.3 Å². The molecule has 1 aliphatic heterocycles. The molecule has 0 radical (unpaired) electrons. The number of nitrogens with one attached hydrogen (secondary N) is 1. The van der Waals surface area contributed by atoms with Gasteiger partial charge in [-0.3, -0.25) is 4.79 Å². The Balaban J connectivity index is 1.41. The molecule has 1 N–H and O–H groups in total. The van der Waals surface area contributed by atoms with E-state index in [4.69, 9.17) is 9.26 Å². The third-order valence-electron chi connectivity index (χ3n) is 5.28. The third-order valence-corrected chi connectivity index (χ3v) is 5.28. The van der Waals surface area contributed by atoms with Gasteiger partial charge in [-0.25, -0.2) is 0 Å². The van der Waals surface area contributed by atoms with Crippen LogP contribution in [0.1, 0.15) is 40.2 Å². The van der Waals surface area contributed by atoms with E-state index in [1.54, 1.807) is 24.3 Å². The van der Waals surface area contributed by atoms with Gasteiger partial charge in [-0.05, 0) is 63.1 Å². The summed E-state index contributed by atoms with van der Waals surface area (Å²) in [6.07, 6.45) is 2.38. The zero-order valence-electron chi connectivity index (χ0n) is 16.8. The zero-order chi connectivity index (χ0) is 20.2. The summed E-state index contributed by atoms with van der Waals surface area (Å²) in [5.41, 5.74) is 4.29. The highest BCUT2D eigenvalue weighted by Crippen LogP contribution is 2.29. The van der Waals surface area contributed by atoms with Crippen molar-refractivity contribution in [3.63, 3.8) is 0 Å². The van der Waals surface area contributed by atoms with Crippen LogP contribution < -0.4 is 15.0 Å². The summed E-state index contributed by atoms with van der Waals surface area (Å²) < 4.78 is 11.0. The molecule has 150 valence electrons. The van der Waals surface area contributed by atoms with Crippen molar-refractivity contribution in [2.45, 2.75) is 33.3 Å². The molecule has 29 heavy (non-hydrogen) atoms. The van der Waals surface area contributed by atoms with Crippen molar-refractivity contribution < 1.29 is 14.1 Å². The van der Waals surface area contributed by atoms with Crippen molar-refractivity contribution in [1.82, 2.24) is 5.16 Å². The second kappa shape index (κ2) is 8.39. The average Bonchev–Trinajstić information content (AvgIpc) is 3.38. The SMILES string of the molecule is Cc1noc(C)c1COc1ccc(C(=O)Nc2ccccc2N2CCCC2)cc1. The number of aromatic nitrogens is 1. The third kappa shape index (κ3) is 4.26. The molecule has 0 saturated carbocycles. The predicted molar refractivity (Wildman–Crippen MR) is 113 cm³/mol. The minimum absolute atomic E-state index is 0.131. The number of nitrogens with zero attached hydrogens (tertiary/aromatic N) is 2. The lowest BCUT2D eigenvalue weighted by molar-refractivity contribution is 0.102. The van der Waals surface area contributed by atoms with Gasteiger partial charge in [0.25, 0.3) is 5.91 Å². The number of aryl methyl sites for hydroxylation is 2. The Hall–Kier alpha value is -3.28. The molecule has 1 aromatic heterocycles. The van der Waals surface area contributed by atoms with Crippen LogP contribution in [0.5, 0.6) is 5.75 Å². The van der Waals surface area contributed by atoms with E-state index in [2.05, 4.69) is 21.4 Å². The number of ether oxygens (including phenoxy) is 1. The Bertz CT molecular complexity index is 969. The number of hydrogen-bond donors (Lipinski definition) is 1. The van der Waals surface area contributed by atoms with E-state index >= 15 is 0 Å². The fraction of sp³-hybridized carbons (Fsp3) is 0.304. The maximum absolute atomic E-state index is 12.7. The fourth-order valence-electron chi connectivity index (χ4n) is 3.57. The van der Waals surface area contributed by atoms with Crippen molar-refractivity contribution in [2.24, 2.45) is 0 Å². The number of para-hydroxylation sites is 2. The summed E-state index contributed by atoms with van der Waals surface area (Å²) in [6, 6.07) is 15.1. The smallest absolute Gasteiger partial charge is 0.255 e. The van der Waals surface area contributed by atoms with Crippen LogP contribution in [0.3, 0.4) is 0 Å². The van der Waals surface area contributed by atoms with Crippen molar-refractivity contribution >= 4 is 17.3 Å². The molecule has 6 heteroatoms. The van der Waals surface area contributed by atoms with Gasteiger partial charge in [0.1, 0.15) is 18.1 Å². The van der Waals surface area contributed by atoms with Gasteiger partial charge in [0.2, 0.25) is 0 Å². The van der Waals surface area contributed by atoms with Gasteiger partial charge in [-0.15, -0.1) is 0 Å². The van der Waals surface area contributed by atoms with Gasteiger partial charge in [0, 0.05) is 18.7 Å². The summed E-state index contributed by atoms with van der Waals surface area (Å²) in [6.45, 7) is 6.21. The van der Waals surface area contributed by atoms with Gasteiger partial charge in [0.05, 0.1) is 22.6 Å². The van der Waals surface area contributed by atoms with Gasteiger partial charge < -0.3 is 19.5 Å². The fourth-order valence-corrected chi connectivity index (χ4v) is 3.57. The molecule has 1 amide bonds. The van der Waals surface area contributed by atoms with E-state index in [1.807, 2.05) is 32.0 Å². The lowest BCUT2D eigenvalue weighted by Gasteiger charge is -2.21. The number of carbonyl (C=O) groups excluding carboxylic acids is 1. The summed E-state index contributed by atoms with van der Waals surface area (Å²) in [4.78, 5) is 15.1. The first-order chi connectivity index (χ1) is 14.1. The first-order valence-electron chi connectivity index (χ1n) is 9.92. The van der Waals surface area contributed by atoms with Crippen LogP contribution in [0, 0.1) is 13.8 Å². The monoisotopic (exact) mass is 391 g/mol.